The average Bonchev–Trinajstić information content (AvgIpc) is 3.22. The van der Waals surface area contributed by atoms with Crippen LogP contribution in [0.4, 0.5) is 17.6 Å². The van der Waals surface area contributed by atoms with Gasteiger partial charge in [-0.15, -0.1) is 0 Å². The summed E-state index contributed by atoms with van der Waals surface area (Å²) in [5.41, 5.74) is -2.25. The highest BCUT2D eigenvalue weighted by Crippen LogP contribution is 2.61. The zero-order chi connectivity index (χ0) is 24.6. The Hall–Kier alpha value is -2.67. The van der Waals surface area contributed by atoms with Crippen molar-refractivity contribution in [3.8, 4) is 6.07 Å². The van der Waals surface area contributed by atoms with Gasteiger partial charge in [-0.25, -0.2) is 4.39 Å². The van der Waals surface area contributed by atoms with E-state index in [1.807, 2.05) is 6.07 Å². The van der Waals surface area contributed by atoms with E-state index in [1.54, 1.807) is 30.3 Å². The smallest absolute Gasteiger partial charge is 0.394 e. The molecule has 3 atom stereocenters. The van der Waals surface area contributed by atoms with Crippen molar-refractivity contribution < 1.29 is 31.9 Å². The minimum atomic E-state index is -4.45. The lowest BCUT2D eigenvalue weighted by atomic mass is 9.52. The number of carbonyl (C=O) groups excluding carboxylic acids is 2. The van der Waals surface area contributed by atoms with Gasteiger partial charge in [0, 0.05) is 12.0 Å². The molecule has 1 saturated heterocycles. The Morgan fingerprint density at radius 1 is 1.18 bits per heavy atom. The summed E-state index contributed by atoms with van der Waals surface area (Å²) >= 11 is 0. The predicted octanol–water partition coefficient (Wildman–Crippen LogP) is 3.66. The molecular weight excluding hydrogens is 454 g/mol. The summed E-state index contributed by atoms with van der Waals surface area (Å²) in [6.45, 7) is -0.530. The second-order valence-corrected chi connectivity index (χ2v) is 9.66. The van der Waals surface area contributed by atoms with Gasteiger partial charge in [0.25, 0.3) is 0 Å². The van der Waals surface area contributed by atoms with Gasteiger partial charge < -0.3 is 15.0 Å². The van der Waals surface area contributed by atoms with Crippen LogP contribution in [-0.4, -0.2) is 53.8 Å². The molecule has 2 bridgehead atoms. The highest BCUT2D eigenvalue weighted by atomic mass is 19.4. The number of fused-ring (bicyclic) bond motifs is 3. The molecule has 1 aromatic carbocycles. The Morgan fingerprint density at radius 3 is 2.47 bits per heavy atom. The summed E-state index contributed by atoms with van der Waals surface area (Å²) in [7, 11) is 0. The first-order valence-corrected chi connectivity index (χ1v) is 11.4. The SMILES string of the molecule is N#C[C@@H]1C[C@H](F)CN1C(=O)CNC12CCC(C(F)(F)F)(CC1)CC2C(=O)OCc1ccccc1. The van der Waals surface area contributed by atoms with Crippen molar-refractivity contribution in [3.63, 3.8) is 0 Å². The van der Waals surface area contributed by atoms with E-state index in [-0.39, 0.29) is 51.8 Å². The number of likely N-dealkylation sites (tertiary alicyclic amines) is 1. The van der Waals surface area contributed by atoms with E-state index in [4.69, 9.17) is 4.74 Å². The number of hydrogen-bond donors (Lipinski definition) is 1. The fraction of sp³-hybridized carbons (Fsp3) is 0.625. The average molecular weight is 481 g/mol. The van der Waals surface area contributed by atoms with Crippen LogP contribution in [0.25, 0.3) is 0 Å². The first-order valence-electron chi connectivity index (χ1n) is 11.4. The van der Waals surface area contributed by atoms with Gasteiger partial charge in [0.15, 0.2) is 0 Å². The van der Waals surface area contributed by atoms with Crippen LogP contribution in [0.15, 0.2) is 30.3 Å². The minimum Gasteiger partial charge on any atom is -0.461 e. The molecule has 0 aromatic heterocycles. The molecule has 1 aromatic rings. The molecule has 1 heterocycles. The molecule has 1 N–H and O–H groups in total. The van der Waals surface area contributed by atoms with E-state index < -0.39 is 53.6 Å². The summed E-state index contributed by atoms with van der Waals surface area (Å²) in [5.74, 6) is -2.31. The molecule has 3 aliphatic carbocycles. The first kappa shape index (κ1) is 24.5. The van der Waals surface area contributed by atoms with Gasteiger partial charge in [-0.05, 0) is 37.7 Å². The summed E-state index contributed by atoms with van der Waals surface area (Å²) in [4.78, 5) is 26.9. The Morgan fingerprint density at radius 2 is 1.85 bits per heavy atom. The van der Waals surface area contributed by atoms with Crippen LogP contribution in [-0.2, 0) is 20.9 Å². The molecule has 4 fully saturated rings. The molecule has 184 valence electrons. The number of nitrogens with zero attached hydrogens (tertiary/aromatic N) is 2. The molecule has 10 heteroatoms. The van der Waals surface area contributed by atoms with Crippen LogP contribution in [0.5, 0.6) is 0 Å². The van der Waals surface area contributed by atoms with Crippen molar-refractivity contribution in [1.82, 2.24) is 10.2 Å². The molecule has 1 aliphatic heterocycles. The topological polar surface area (TPSA) is 82.4 Å². The van der Waals surface area contributed by atoms with E-state index in [0.717, 1.165) is 10.5 Å². The Kier molecular flexibility index (Phi) is 6.60. The minimum absolute atomic E-state index is 0.0558. The third-order valence-corrected chi connectivity index (χ3v) is 7.78. The summed E-state index contributed by atoms with van der Waals surface area (Å²) in [5, 5.41) is 12.3. The van der Waals surface area contributed by atoms with Crippen molar-refractivity contribution in [1.29, 1.82) is 5.26 Å². The summed E-state index contributed by atoms with van der Waals surface area (Å²) in [6, 6.07) is 9.90. The van der Waals surface area contributed by atoms with E-state index in [2.05, 4.69) is 5.32 Å². The van der Waals surface area contributed by atoms with Crippen LogP contribution in [0.2, 0.25) is 0 Å². The third kappa shape index (κ3) is 4.50. The van der Waals surface area contributed by atoms with E-state index >= 15 is 0 Å². The van der Waals surface area contributed by atoms with E-state index in [9.17, 15) is 32.4 Å². The van der Waals surface area contributed by atoms with Crippen LogP contribution < -0.4 is 5.32 Å². The Bertz CT molecular complexity index is 954. The van der Waals surface area contributed by atoms with Gasteiger partial charge in [0.2, 0.25) is 5.91 Å². The maximum Gasteiger partial charge on any atom is 0.394 e. The van der Waals surface area contributed by atoms with Crippen molar-refractivity contribution in [2.45, 2.75) is 69.1 Å². The van der Waals surface area contributed by atoms with E-state index in [1.165, 1.54) is 0 Å². The van der Waals surface area contributed by atoms with Gasteiger partial charge in [0.1, 0.15) is 18.8 Å². The van der Waals surface area contributed by atoms with Crippen LogP contribution in [0.3, 0.4) is 0 Å². The number of rotatable bonds is 6. The Labute approximate surface area is 195 Å². The van der Waals surface area contributed by atoms with Crippen molar-refractivity contribution >= 4 is 11.9 Å². The zero-order valence-electron chi connectivity index (χ0n) is 18.6. The summed E-state index contributed by atoms with van der Waals surface area (Å²) < 4.78 is 61.1. The molecule has 4 aliphatic rings. The van der Waals surface area contributed by atoms with Crippen molar-refractivity contribution in [3.05, 3.63) is 35.9 Å². The van der Waals surface area contributed by atoms with Crippen LogP contribution in [0, 0.1) is 22.7 Å². The Balaban J connectivity index is 1.50. The number of halogens is 4. The second-order valence-electron chi connectivity index (χ2n) is 9.66. The lowest BCUT2D eigenvalue weighted by Gasteiger charge is -2.57. The standard InChI is InChI=1S/C24H27F4N3O3/c25-17-10-18(12-29)31(14-17)20(32)13-30-23-8-6-22(7-9-23,24(26,27)28)11-19(23)21(33)34-15-16-4-2-1-3-5-16/h1-5,17-19,30H,6-11,13-15H2/t17-,18-,19?,22?,23?/m0/s1. The van der Waals surface area contributed by atoms with Gasteiger partial charge >= 0.3 is 12.1 Å². The number of nitriles is 1. The maximum absolute atomic E-state index is 14.0. The van der Waals surface area contributed by atoms with Crippen molar-refractivity contribution in [2.75, 3.05) is 13.1 Å². The van der Waals surface area contributed by atoms with Gasteiger partial charge in [0.05, 0.1) is 30.5 Å². The van der Waals surface area contributed by atoms with Crippen LogP contribution in [0.1, 0.15) is 44.1 Å². The quantitative estimate of drug-likeness (QED) is 0.495. The molecular formula is C24H27F4N3O3. The van der Waals surface area contributed by atoms with Crippen molar-refractivity contribution in [2.24, 2.45) is 11.3 Å². The normalized spacial score (nSPS) is 32.9. The van der Waals surface area contributed by atoms with Gasteiger partial charge in [-0.1, -0.05) is 30.3 Å². The highest BCUT2D eigenvalue weighted by Gasteiger charge is 2.66. The van der Waals surface area contributed by atoms with Crippen LogP contribution >= 0.6 is 0 Å². The fourth-order valence-corrected chi connectivity index (χ4v) is 5.69. The third-order valence-electron chi connectivity index (χ3n) is 7.78. The zero-order valence-corrected chi connectivity index (χ0v) is 18.6. The largest absolute Gasteiger partial charge is 0.461 e. The van der Waals surface area contributed by atoms with E-state index in [0.29, 0.717) is 0 Å². The molecule has 5 rings (SSSR count). The lowest BCUT2D eigenvalue weighted by molar-refractivity contribution is -0.264. The number of hydrogen-bond acceptors (Lipinski definition) is 5. The number of esters is 1. The molecule has 1 unspecified atom stereocenters. The highest BCUT2D eigenvalue weighted by molar-refractivity contribution is 5.80. The maximum atomic E-state index is 14.0. The first-order chi connectivity index (χ1) is 16.1. The second kappa shape index (κ2) is 9.17. The number of amides is 1. The lowest BCUT2D eigenvalue weighted by Crippen LogP contribution is -2.66. The number of alkyl halides is 4. The number of nitrogens with one attached hydrogen (secondary N) is 1. The number of carbonyl (C=O) groups is 2. The summed E-state index contributed by atoms with van der Waals surface area (Å²) in [6.07, 6.45) is -6.34. The molecule has 1 amide bonds. The van der Waals surface area contributed by atoms with Gasteiger partial charge in [-0.2, -0.15) is 18.4 Å². The predicted molar refractivity (Wildman–Crippen MR) is 113 cm³/mol. The molecule has 34 heavy (non-hydrogen) atoms. The molecule has 0 radical (unpaired) electrons. The molecule has 3 saturated carbocycles. The van der Waals surface area contributed by atoms with Gasteiger partial charge in [-0.3, -0.25) is 9.59 Å². The monoisotopic (exact) mass is 481 g/mol. The molecule has 6 nitrogen and oxygen atoms in total. The fourth-order valence-electron chi connectivity index (χ4n) is 5.69. The number of ether oxygens (including phenoxy) is 1. The number of benzene rings is 1. The molecule has 0 spiro atoms.